The number of piperidine rings is 1. The molecule has 0 radical (unpaired) electrons. The highest BCUT2D eigenvalue weighted by Gasteiger charge is 2.46. The van der Waals surface area contributed by atoms with Gasteiger partial charge in [0.15, 0.2) is 6.10 Å². The molecule has 1 aromatic carbocycles. The van der Waals surface area contributed by atoms with Crippen molar-refractivity contribution >= 4 is 29.5 Å². The molecule has 5 amide bonds. The molecule has 2 atom stereocenters. The van der Waals surface area contributed by atoms with Crippen LogP contribution in [0.2, 0.25) is 0 Å². The number of nitrogens with two attached hydrogens (primary N) is 2. The fourth-order valence-electron chi connectivity index (χ4n) is 3.59. The first kappa shape index (κ1) is 24.3. The lowest BCUT2D eigenvalue weighted by molar-refractivity contribution is -0.136. The monoisotopic (exact) mass is 462 g/mol. The molecule has 5 N–H and O–H groups in total. The average molecular weight is 462 g/mol. The molecule has 0 bridgehead atoms. The van der Waals surface area contributed by atoms with Gasteiger partial charge in [-0.25, -0.2) is 0 Å². The zero-order valence-electron chi connectivity index (χ0n) is 17.9. The molecule has 3 rings (SSSR count). The maximum atomic E-state index is 13.1. The molecule has 2 aliphatic heterocycles. The smallest absolute Gasteiger partial charge is 0.266 e. The molecule has 0 aromatic heterocycles. The highest BCUT2D eigenvalue weighted by molar-refractivity contribution is 6.24. The van der Waals surface area contributed by atoms with Gasteiger partial charge in [0.25, 0.3) is 17.7 Å². The first-order chi connectivity index (χ1) is 15.8. The minimum Gasteiger partial charge on any atom is -0.480 e. The Kier molecular flexibility index (Phi) is 8.09. The molecule has 2 unspecified atom stereocenters. The van der Waals surface area contributed by atoms with Gasteiger partial charge in [0.1, 0.15) is 11.8 Å². The third-order valence-electron chi connectivity index (χ3n) is 5.18. The van der Waals surface area contributed by atoms with Crippen LogP contribution in [0.15, 0.2) is 18.2 Å². The number of benzene rings is 1. The Labute approximate surface area is 189 Å². The summed E-state index contributed by atoms with van der Waals surface area (Å²) in [6.45, 7) is 1.60. The molecule has 12 heteroatoms. The quantitative estimate of drug-likeness (QED) is 0.251. The first-order valence-electron chi connectivity index (χ1n) is 10.5. The number of carbonyl (C=O) groups excluding carboxylic acids is 5. The maximum absolute atomic E-state index is 13.1. The highest BCUT2D eigenvalue weighted by Crippen LogP contribution is 2.34. The Morgan fingerprint density at radius 1 is 1.09 bits per heavy atom. The number of fused-ring (bicyclic) bond motifs is 1. The second-order valence-electron chi connectivity index (χ2n) is 7.44. The number of rotatable bonds is 12. The second kappa shape index (κ2) is 11.0. The third-order valence-corrected chi connectivity index (χ3v) is 5.18. The lowest BCUT2D eigenvalue weighted by atomic mass is 10.0. The van der Waals surface area contributed by atoms with E-state index >= 15 is 0 Å². The third kappa shape index (κ3) is 5.53. The van der Waals surface area contributed by atoms with Crippen LogP contribution in [0.5, 0.6) is 5.75 Å². The number of carbonyl (C=O) groups is 5. The molecule has 0 spiro atoms. The fourth-order valence-corrected chi connectivity index (χ4v) is 3.59. The first-order valence-corrected chi connectivity index (χ1v) is 10.5. The Balaban J connectivity index is 1.69. The van der Waals surface area contributed by atoms with Crippen molar-refractivity contribution in [2.75, 3.05) is 33.0 Å². The van der Waals surface area contributed by atoms with Crippen LogP contribution in [0.1, 0.15) is 40.0 Å². The second-order valence-corrected chi connectivity index (χ2v) is 7.44. The van der Waals surface area contributed by atoms with Crippen molar-refractivity contribution in [2.45, 2.75) is 31.4 Å². The van der Waals surface area contributed by atoms with Crippen LogP contribution in [-0.2, 0) is 23.9 Å². The summed E-state index contributed by atoms with van der Waals surface area (Å²) < 4.78 is 16.3. The Bertz CT molecular complexity index is 950. The molecule has 2 heterocycles. The van der Waals surface area contributed by atoms with Crippen molar-refractivity contribution in [1.82, 2.24) is 10.2 Å². The van der Waals surface area contributed by atoms with Crippen LogP contribution >= 0.6 is 0 Å². The number of nitrogens with zero attached hydrogens (tertiary/aromatic N) is 1. The molecule has 1 saturated heterocycles. The van der Waals surface area contributed by atoms with Gasteiger partial charge >= 0.3 is 0 Å². The number of hydrogen-bond acceptors (Lipinski definition) is 9. The standard InChI is InChI=1S/C21H26N4O8/c22-7-9-32-11-10-31-8-6-15(18(23)27)33-14-3-1-2-12-17(14)21(30)25(20(12)29)13-4-5-16(26)24-19(13)28/h1-3,13,15H,4-11,22H2,(H2,23,27)(H,24,26,28). The number of primary amides is 1. The van der Waals surface area contributed by atoms with Crippen molar-refractivity contribution < 1.29 is 38.2 Å². The summed E-state index contributed by atoms with van der Waals surface area (Å²) in [7, 11) is 0. The number of amides is 5. The lowest BCUT2D eigenvalue weighted by Gasteiger charge is -2.27. The van der Waals surface area contributed by atoms with E-state index in [-0.39, 0.29) is 42.7 Å². The van der Waals surface area contributed by atoms with Crippen molar-refractivity contribution in [3.8, 4) is 5.75 Å². The molecule has 12 nitrogen and oxygen atoms in total. The van der Waals surface area contributed by atoms with Crippen LogP contribution < -0.4 is 21.5 Å². The molecular formula is C21H26N4O8. The molecule has 1 fully saturated rings. The summed E-state index contributed by atoms with van der Waals surface area (Å²) in [6, 6.07) is 3.26. The van der Waals surface area contributed by atoms with E-state index in [1.54, 1.807) is 0 Å². The van der Waals surface area contributed by atoms with Gasteiger partial charge < -0.3 is 25.7 Å². The predicted octanol–water partition coefficient (Wildman–Crippen LogP) is -1.30. The minimum atomic E-state index is -1.12. The molecule has 178 valence electrons. The molecular weight excluding hydrogens is 436 g/mol. The van der Waals surface area contributed by atoms with Crippen molar-refractivity contribution in [3.05, 3.63) is 29.3 Å². The fraction of sp³-hybridized carbons (Fsp3) is 0.476. The van der Waals surface area contributed by atoms with Gasteiger partial charge in [0.05, 0.1) is 37.6 Å². The minimum absolute atomic E-state index is 0.00396. The largest absolute Gasteiger partial charge is 0.480 e. The topological polar surface area (TPSA) is 180 Å². The van der Waals surface area contributed by atoms with E-state index < -0.39 is 41.7 Å². The van der Waals surface area contributed by atoms with Gasteiger partial charge in [-0.1, -0.05) is 6.07 Å². The summed E-state index contributed by atoms with van der Waals surface area (Å²) >= 11 is 0. The van der Waals surface area contributed by atoms with E-state index in [1.165, 1.54) is 18.2 Å². The van der Waals surface area contributed by atoms with E-state index in [9.17, 15) is 24.0 Å². The number of ether oxygens (including phenoxy) is 3. The molecule has 33 heavy (non-hydrogen) atoms. The van der Waals surface area contributed by atoms with Gasteiger partial charge in [-0.2, -0.15) is 0 Å². The molecule has 0 aliphatic carbocycles. The van der Waals surface area contributed by atoms with Crippen molar-refractivity contribution in [2.24, 2.45) is 11.5 Å². The number of imide groups is 2. The van der Waals surface area contributed by atoms with Gasteiger partial charge in [0, 0.05) is 19.4 Å². The summed E-state index contributed by atoms with van der Waals surface area (Å²) in [5, 5.41) is 2.14. The van der Waals surface area contributed by atoms with Gasteiger partial charge in [-0.15, -0.1) is 0 Å². The predicted molar refractivity (Wildman–Crippen MR) is 112 cm³/mol. The van der Waals surface area contributed by atoms with Crippen molar-refractivity contribution in [1.29, 1.82) is 0 Å². The van der Waals surface area contributed by atoms with E-state index in [4.69, 9.17) is 25.7 Å². The van der Waals surface area contributed by atoms with E-state index in [2.05, 4.69) is 5.32 Å². The Morgan fingerprint density at radius 2 is 1.82 bits per heavy atom. The number of nitrogens with one attached hydrogen (secondary N) is 1. The van der Waals surface area contributed by atoms with Crippen LogP contribution in [0, 0.1) is 0 Å². The zero-order valence-corrected chi connectivity index (χ0v) is 17.9. The normalized spacial score (nSPS) is 18.8. The van der Waals surface area contributed by atoms with Crippen LogP contribution in [-0.4, -0.2) is 79.6 Å². The van der Waals surface area contributed by atoms with E-state index in [1.807, 2.05) is 0 Å². The van der Waals surface area contributed by atoms with Crippen LogP contribution in [0.3, 0.4) is 0 Å². The van der Waals surface area contributed by atoms with Gasteiger partial charge in [-0.3, -0.25) is 34.2 Å². The SMILES string of the molecule is NCCOCCOCCC(Oc1cccc2c1C(=O)N(C1CCC(=O)NC1=O)C2=O)C(N)=O. The molecule has 1 aromatic rings. The maximum Gasteiger partial charge on any atom is 0.266 e. The average Bonchev–Trinajstić information content (AvgIpc) is 3.03. The highest BCUT2D eigenvalue weighted by atomic mass is 16.5. The van der Waals surface area contributed by atoms with E-state index in [0.29, 0.717) is 26.4 Å². The summed E-state index contributed by atoms with van der Waals surface area (Å²) in [5.74, 6) is -3.37. The van der Waals surface area contributed by atoms with E-state index in [0.717, 1.165) is 4.90 Å². The zero-order chi connectivity index (χ0) is 24.0. The van der Waals surface area contributed by atoms with Crippen LogP contribution in [0.4, 0.5) is 0 Å². The van der Waals surface area contributed by atoms with Gasteiger partial charge in [0.2, 0.25) is 11.8 Å². The summed E-state index contributed by atoms with van der Waals surface area (Å²) in [4.78, 5) is 62.3. The van der Waals surface area contributed by atoms with Crippen molar-refractivity contribution in [3.63, 3.8) is 0 Å². The Hall–Kier alpha value is -3.35. The number of hydrogen-bond donors (Lipinski definition) is 3. The lowest BCUT2D eigenvalue weighted by Crippen LogP contribution is -2.54. The Morgan fingerprint density at radius 3 is 2.48 bits per heavy atom. The summed E-state index contributed by atoms with van der Waals surface area (Å²) in [5.41, 5.74) is 10.7. The van der Waals surface area contributed by atoms with Crippen LogP contribution in [0.25, 0.3) is 0 Å². The summed E-state index contributed by atoms with van der Waals surface area (Å²) in [6.07, 6.45) is -0.972. The van der Waals surface area contributed by atoms with Gasteiger partial charge in [-0.05, 0) is 18.6 Å². The molecule has 2 aliphatic rings. The molecule has 0 saturated carbocycles.